The van der Waals surface area contributed by atoms with Gasteiger partial charge in [-0.1, -0.05) is 65.7 Å². The molecule has 0 saturated heterocycles. The number of hydrogen-bond acceptors (Lipinski definition) is 6. The molecule has 0 amide bonds. The standard InChI is InChI=1S/C23H17Cl2N3O3S/c24-17-10-20-16(9-14(17)11-26-19(12-29)23(30)31)22(28-32-20)27-18-8-4-7-15(21(18)25)13-5-2-1-3-6-13/h1-11,19,29H,12H2,(H,27,28)(H,30,31)/t19-/m0/s1. The summed E-state index contributed by atoms with van der Waals surface area (Å²) in [5, 5.41) is 23.3. The smallest absolute Gasteiger partial charge is 0.330 e. The van der Waals surface area contributed by atoms with Gasteiger partial charge < -0.3 is 15.5 Å². The van der Waals surface area contributed by atoms with E-state index in [9.17, 15) is 4.79 Å². The fourth-order valence-electron chi connectivity index (χ4n) is 3.12. The fourth-order valence-corrected chi connectivity index (χ4v) is 4.44. The molecule has 0 aliphatic heterocycles. The maximum absolute atomic E-state index is 11.1. The third-order valence-corrected chi connectivity index (χ3v) is 6.32. The van der Waals surface area contributed by atoms with E-state index in [1.54, 1.807) is 12.1 Å². The first-order valence-electron chi connectivity index (χ1n) is 9.54. The number of nitrogens with zero attached hydrogens (tertiary/aromatic N) is 2. The van der Waals surface area contributed by atoms with Crippen molar-refractivity contribution in [3.05, 3.63) is 76.3 Å². The van der Waals surface area contributed by atoms with Crippen molar-refractivity contribution >= 4 is 68.5 Å². The van der Waals surface area contributed by atoms with Gasteiger partial charge in [-0.2, -0.15) is 4.37 Å². The van der Waals surface area contributed by atoms with Crippen LogP contribution in [0.1, 0.15) is 5.56 Å². The number of halogens is 2. The molecule has 0 spiro atoms. The van der Waals surface area contributed by atoms with Crippen molar-refractivity contribution in [2.75, 3.05) is 11.9 Å². The molecular weight excluding hydrogens is 469 g/mol. The average molecular weight is 486 g/mol. The van der Waals surface area contributed by atoms with Crippen LogP contribution in [-0.4, -0.2) is 39.4 Å². The van der Waals surface area contributed by atoms with Crippen LogP contribution in [0.15, 0.2) is 65.7 Å². The Morgan fingerprint density at radius 3 is 2.66 bits per heavy atom. The van der Waals surface area contributed by atoms with Crippen LogP contribution in [-0.2, 0) is 4.79 Å². The molecule has 162 valence electrons. The highest BCUT2D eigenvalue weighted by atomic mass is 35.5. The SMILES string of the molecule is O=C(O)[C@H](CO)N=Cc1cc2c(Nc3cccc(-c4ccccc4)c3Cl)nsc2cc1Cl. The van der Waals surface area contributed by atoms with Gasteiger partial charge in [-0.25, -0.2) is 4.79 Å². The molecule has 0 aliphatic carbocycles. The highest BCUT2D eigenvalue weighted by Gasteiger charge is 2.15. The lowest BCUT2D eigenvalue weighted by Gasteiger charge is -2.11. The number of aliphatic hydroxyl groups excluding tert-OH is 1. The van der Waals surface area contributed by atoms with E-state index < -0.39 is 18.6 Å². The van der Waals surface area contributed by atoms with E-state index in [0.717, 1.165) is 21.2 Å². The molecule has 0 fully saturated rings. The molecule has 1 heterocycles. The Hall–Kier alpha value is -2.97. The largest absolute Gasteiger partial charge is 0.480 e. The van der Waals surface area contributed by atoms with Crippen LogP contribution >= 0.6 is 34.7 Å². The van der Waals surface area contributed by atoms with E-state index in [-0.39, 0.29) is 0 Å². The summed E-state index contributed by atoms with van der Waals surface area (Å²) in [6.45, 7) is -0.602. The van der Waals surface area contributed by atoms with Gasteiger partial charge in [0.2, 0.25) is 0 Å². The first kappa shape index (κ1) is 22.2. The Morgan fingerprint density at radius 2 is 1.94 bits per heavy atom. The number of nitrogens with one attached hydrogen (secondary N) is 1. The van der Waals surface area contributed by atoms with Crippen LogP contribution in [0, 0.1) is 0 Å². The number of rotatable bonds is 7. The number of aliphatic carboxylic acids is 1. The summed E-state index contributed by atoms with van der Waals surface area (Å²) in [6, 6.07) is 17.9. The van der Waals surface area contributed by atoms with Crippen LogP contribution < -0.4 is 5.32 Å². The van der Waals surface area contributed by atoms with Gasteiger partial charge in [-0.05, 0) is 35.3 Å². The first-order chi connectivity index (χ1) is 15.5. The normalized spacial score (nSPS) is 12.3. The van der Waals surface area contributed by atoms with Gasteiger partial charge in [0.25, 0.3) is 0 Å². The van der Waals surface area contributed by atoms with Crippen LogP contribution in [0.3, 0.4) is 0 Å². The molecule has 3 aromatic carbocycles. The van der Waals surface area contributed by atoms with E-state index in [1.165, 1.54) is 17.7 Å². The second kappa shape index (κ2) is 9.67. The molecule has 4 aromatic rings. The number of benzene rings is 3. The topological polar surface area (TPSA) is 94.8 Å². The lowest BCUT2D eigenvalue weighted by atomic mass is 10.0. The Bertz CT molecular complexity index is 1310. The number of carboxylic acid groups (broad SMARTS) is 1. The van der Waals surface area contributed by atoms with Crippen LogP contribution in [0.5, 0.6) is 0 Å². The molecule has 1 atom stereocenters. The Labute approximate surface area is 197 Å². The zero-order valence-electron chi connectivity index (χ0n) is 16.5. The molecule has 9 heteroatoms. The van der Waals surface area contributed by atoms with E-state index in [2.05, 4.69) is 14.7 Å². The van der Waals surface area contributed by atoms with E-state index in [1.807, 2.05) is 48.5 Å². The molecule has 3 N–H and O–H groups in total. The molecule has 0 aliphatic rings. The summed E-state index contributed by atoms with van der Waals surface area (Å²) in [6.07, 6.45) is 1.35. The highest BCUT2D eigenvalue weighted by Crippen LogP contribution is 2.38. The zero-order chi connectivity index (χ0) is 22.7. The van der Waals surface area contributed by atoms with Gasteiger partial charge >= 0.3 is 5.97 Å². The molecule has 0 unspecified atom stereocenters. The first-order valence-corrected chi connectivity index (χ1v) is 11.1. The number of aromatic nitrogens is 1. The van der Waals surface area contributed by atoms with Gasteiger partial charge in [0.15, 0.2) is 11.9 Å². The lowest BCUT2D eigenvalue weighted by molar-refractivity contribution is -0.139. The summed E-state index contributed by atoms with van der Waals surface area (Å²) in [5.74, 6) is -0.617. The lowest BCUT2D eigenvalue weighted by Crippen LogP contribution is -2.22. The second-order valence-corrected chi connectivity index (χ2v) is 8.46. The summed E-state index contributed by atoms with van der Waals surface area (Å²) in [7, 11) is 0. The molecule has 0 bridgehead atoms. The third kappa shape index (κ3) is 4.61. The maximum Gasteiger partial charge on any atom is 0.330 e. The van der Waals surface area contributed by atoms with Crippen molar-refractivity contribution in [2.24, 2.45) is 4.99 Å². The number of fused-ring (bicyclic) bond motifs is 1. The summed E-state index contributed by atoms with van der Waals surface area (Å²) < 4.78 is 5.34. The number of aliphatic imine (C=N–C) groups is 1. The Morgan fingerprint density at radius 1 is 1.16 bits per heavy atom. The Kier molecular flexibility index (Phi) is 6.72. The molecular formula is C23H17Cl2N3O3S. The third-order valence-electron chi connectivity index (χ3n) is 4.78. The average Bonchev–Trinajstić information content (AvgIpc) is 3.17. The minimum absolute atomic E-state index is 0.405. The van der Waals surface area contributed by atoms with E-state index >= 15 is 0 Å². The van der Waals surface area contributed by atoms with Crippen molar-refractivity contribution in [1.29, 1.82) is 0 Å². The van der Waals surface area contributed by atoms with Gasteiger partial charge in [-0.3, -0.25) is 4.99 Å². The summed E-state index contributed by atoms with van der Waals surface area (Å²) >= 11 is 14.3. The maximum atomic E-state index is 11.1. The minimum atomic E-state index is -1.25. The van der Waals surface area contributed by atoms with Crippen LogP contribution in [0.4, 0.5) is 11.5 Å². The van der Waals surface area contributed by atoms with Crippen LogP contribution in [0.2, 0.25) is 10.0 Å². The fraction of sp³-hybridized carbons (Fsp3) is 0.0870. The number of anilines is 2. The summed E-state index contributed by atoms with van der Waals surface area (Å²) in [4.78, 5) is 15.0. The van der Waals surface area contributed by atoms with Crippen molar-refractivity contribution in [2.45, 2.75) is 6.04 Å². The van der Waals surface area contributed by atoms with Crippen molar-refractivity contribution in [1.82, 2.24) is 4.37 Å². The molecule has 4 rings (SSSR count). The van der Waals surface area contributed by atoms with Crippen molar-refractivity contribution in [3.8, 4) is 11.1 Å². The van der Waals surface area contributed by atoms with E-state index in [0.29, 0.717) is 27.1 Å². The highest BCUT2D eigenvalue weighted by molar-refractivity contribution is 7.13. The van der Waals surface area contributed by atoms with E-state index in [4.69, 9.17) is 33.4 Å². The Balaban J connectivity index is 1.69. The van der Waals surface area contributed by atoms with Gasteiger partial charge in [0.05, 0.1) is 27.0 Å². The minimum Gasteiger partial charge on any atom is -0.480 e. The number of carbonyl (C=O) groups is 1. The van der Waals surface area contributed by atoms with Crippen LogP contribution in [0.25, 0.3) is 21.2 Å². The van der Waals surface area contributed by atoms with Gasteiger partial charge in [0, 0.05) is 22.7 Å². The molecule has 0 saturated carbocycles. The monoisotopic (exact) mass is 485 g/mol. The predicted molar refractivity (Wildman–Crippen MR) is 131 cm³/mol. The molecule has 0 radical (unpaired) electrons. The van der Waals surface area contributed by atoms with Gasteiger partial charge in [-0.15, -0.1) is 0 Å². The molecule has 6 nitrogen and oxygen atoms in total. The summed E-state index contributed by atoms with van der Waals surface area (Å²) in [5.41, 5.74) is 3.13. The molecule has 32 heavy (non-hydrogen) atoms. The number of aliphatic hydroxyl groups is 1. The quantitative estimate of drug-likeness (QED) is 0.284. The number of hydrogen-bond donors (Lipinski definition) is 3. The second-order valence-electron chi connectivity index (χ2n) is 6.87. The van der Waals surface area contributed by atoms with Gasteiger partial charge in [0.1, 0.15) is 0 Å². The zero-order valence-corrected chi connectivity index (χ0v) is 18.8. The van der Waals surface area contributed by atoms with Crippen molar-refractivity contribution < 1.29 is 15.0 Å². The predicted octanol–water partition coefficient (Wildman–Crippen LogP) is 5.88. The number of carboxylic acids is 1. The van der Waals surface area contributed by atoms with Crippen molar-refractivity contribution in [3.63, 3.8) is 0 Å². The molecule has 1 aromatic heterocycles.